The molecule has 3 aromatic rings. The number of carboxylic acids is 1. The molecule has 230 valence electrons. The van der Waals surface area contributed by atoms with Crippen LogP contribution in [0, 0.1) is 0 Å². The van der Waals surface area contributed by atoms with Crippen LogP contribution in [-0.4, -0.2) is 42.9 Å². The Hall–Kier alpha value is -4.81. The van der Waals surface area contributed by atoms with Crippen molar-refractivity contribution >= 4 is 29.4 Å². The molecule has 0 heterocycles. The lowest BCUT2D eigenvalue weighted by Crippen LogP contribution is -2.36. The van der Waals surface area contributed by atoms with E-state index in [-0.39, 0.29) is 34.8 Å². The van der Waals surface area contributed by atoms with Crippen LogP contribution in [0.4, 0.5) is 33.3 Å². The number of rotatable bonds is 13. The third kappa shape index (κ3) is 9.35. The third-order valence-corrected chi connectivity index (χ3v) is 6.13. The zero-order valence-corrected chi connectivity index (χ0v) is 22.9. The zero-order valence-electron chi connectivity index (χ0n) is 22.9. The number of carbonyl (C=O) groups excluding carboxylic acids is 1. The molecule has 8 nitrogen and oxygen atoms in total. The molecule has 43 heavy (non-hydrogen) atoms. The van der Waals surface area contributed by atoms with Gasteiger partial charge in [0.25, 0.3) is 0 Å². The summed E-state index contributed by atoms with van der Waals surface area (Å²) in [6.07, 6.45) is -5.53. The topological polar surface area (TPSA) is 134 Å². The van der Waals surface area contributed by atoms with Gasteiger partial charge in [-0.05, 0) is 85.0 Å². The first-order chi connectivity index (χ1) is 20.2. The van der Waals surface area contributed by atoms with Gasteiger partial charge in [-0.25, -0.2) is 9.59 Å². The molecule has 0 saturated heterocycles. The number of ether oxygens (including phenoxy) is 3. The van der Waals surface area contributed by atoms with E-state index in [9.17, 15) is 36.6 Å². The Balaban J connectivity index is 1.60. The first kappa shape index (κ1) is 32.7. The van der Waals surface area contributed by atoms with E-state index in [0.717, 1.165) is 5.56 Å². The summed E-state index contributed by atoms with van der Waals surface area (Å²) in [7, 11) is 1.26. The molecule has 0 aromatic heterocycles. The number of carboxylic acid groups (broad SMARTS) is 1. The van der Waals surface area contributed by atoms with Gasteiger partial charge in [0.05, 0.1) is 19.3 Å². The fourth-order valence-electron chi connectivity index (χ4n) is 3.94. The number of carbonyl (C=O) groups is 2. The number of esters is 1. The number of halogens is 5. The maximum Gasteiger partial charge on any atom is 0.453 e. The molecule has 3 rings (SSSR count). The van der Waals surface area contributed by atoms with Crippen LogP contribution in [0.25, 0.3) is 6.08 Å². The lowest BCUT2D eigenvalue weighted by atomic mass is 10.0. The molecule has 13 heteroatoms. The van der Waals surface area contributed by atoms with Crippen LogP contribution >= 0.6 is 0 Å². The Bertz CT molecular complexity index is 1450. The number of hydrogen-bond acceptors (Lipinski definition) is 7. The minimum absolute atomic E-state index is 0.0407. The molecule has 5 N–H and O–H groups in total. The van der Waals surface area contributed by atoms with E-state index in [4.69, 9.17) is 25.7 Å². The molecule has 0 atom stereocenters. The average Bonchev–Trinajstić information content (AvgIpc) is 2.93. The summed E-state index contributed by atoms with van der Waals surface area (Å²) < 4.78 is 78.8. The van der Waals surface area contributed by atoms with Crippen LogP contribution in [0.5, 0.6) is 17.2 Å². The number of nitrogen functional groups attached to an aromatic ring is 2. The monoisotopic (exact) mass is 608 g/mol. The number of methoxy groups -OCH3 is 1. The summed E-state index contributed by atoms with van der Waals surface area (Å²) in [6.45, 7) is -0.439. The number of benzene rings is 3. The zero-order chi connectivity index (χ0) is 31.8. The molecular weight excluding hydrogens is 579 g/mol. The van der Waals surface area contributed by atoms with Crippen molar-refractivity contribution in [1.82, 2.24) is 0 Å². The van der Waals surface area contributed by atoms with Crippen molar-refractivity contribution in [3.63, 3.8) is 0 Å². The normalized spacial score (nSPS) is 12.1. The SMILES string of the molecule is COc1cc(C(=O)Oc2ccc(C=C(CCc3cc(N)cc(N)c3)C(=O)O)cc2)ccc1OCCCC(F)(F)C(F)(F)F. The average molecular weight is 609 g/mol. The summed E-state index contributed by atoms with van der Waals surface area (Å²) in [6, 6.07) is 15.0. The van der Waals surface area contributed by atoms with E-state index in [1.54, 1.807) is 30.3 Å². The van der Waals surface area contributed by atoms with Gasteiger partial charge in [-0.3, -0.25) is 0 Å². The second-order valence-corrected chi connectivity index (χ2v) is 9.46. The van der Waals surface area contributed by atoms with Crippen molar-refractivity contribution < 1.29 is 50.9 Å². The van der Waals surface area contributed by atoms with Crippen LogP contribution in [0.3, 0.4) is 0 Å². The molecule has 0 saturated carbocycles. The van der Waals surface area contributed by atoms with Gasteiger partial charge < -0.3 is 30.8 Å². The highest BCUT2D eigenvalue weighted by atomic mass is 19.4. The van der Waals surface area contributed by atoms with E-state index in [0.29, 0.717) is 23.4 Å². The van der Waals surface area contributed by atoms with Crippen molar-refractivity contribution in [2.75, 3.05) is 25.2 Å². The van der Waals surface area contributed by atoms with Gasteiger partial charge in [0.15, 0.2) is 11.5 Å². The molecule has 0 bridgehead atoms. The first-order valence-electron chi connectivity index (χ1n) is 12.8. The molecule has 0 aliphatic rings. The molecule has 0 amide bonds. The first-order valence-corrected chi connectivity index (χ1v) is 12.8. The summed E-state index contributed by atoms with van der Waals surface area (Å²) >= 11 is 0. The van der Waals surface area contributed by atoms with Crippen LogP contribution < -0.4 is 25.7 Å². The van der Waals surface area contributed by atoms with E-state index in [1.807, 2.05) is 0 Å². The van der Waals surface area contributed by atoms with Crippen LogP contribution in [0.1, 0.15) is 40.7 Å². The molecular formula is C30H29F5N2O6. The van der Waals surface area contributed by atoms with Crippen molar-refractivity contribution in [3.8, 4) is 17.2 Å². The molecule has 0 fully saturated rings. The van der Waals surface area contributed by atoms with Gasteiger partial charge >= 0.3 is 24.0 Å². The van der Waals surface area contributed by atoms with Crippen LogP contribution in [-0.2, 0) is 11.2 Å². The van der Waals surface area contributed by atoms with Crippen molar-refractivity contribution in [2.24, 2.45) is 0 Å². The maximum absolute atomic E-state index is 13.1. The van der Waals surface area contributed by atoms with Gasteiger partial charge in [-0.2, -0.15) is 22.0 Å². The number of nitrogens with two attached hydrogens (primary N) is 2. The molecule has 0 unspecified atom stereocenters. The molecule has 0 spiro atoms. The van der Waals surface area contributed by atoms with Crippen molar-refractivity contribution in [2.45, 2.75) is 37.8 Å². The van der Waals surface area contributed by atoms with Gasteiger partial charge in [-0.1, -0.05) is 12.1 Å². The summed E-state index contributed by atoms with van der Waals surface area (Å²) in [5.74, 6) is -6.44. The van der Waals surface area contributed by atoms with Gasteiger partial charge in [0.2, 0.25) is 0 Å². The van der Waals surface area contributed by atoms with E-state index in [1.165, 1.54) is 43.5 Å². The Labute approximate surface area is 243 Å². The highest BCUT2D eigenvalue weighted by Crippen LogP contribution is 2.39. The number of hydrogen-bond donors (Lipinski definition) is 3. The van der Waals surface area contributed by atoms with Gasteiger partial charge in [0, 0.05) is 23.4 Å². The molecule has 0 aliphatic heterocycles. The predicted molar refractivity (Wildman–Crippen MR) is 149 cm³/mol. The standard InChI is InChI=1S/C30H29F5N2O6/c1-41-26-16-21(7-10-25(26)42-12-2-11-29(31,32)30(33,34)35)28(40)43-24-8-4-18(5-9-24)13-20(27(38)39)6-3-19-14-22(36)17-23(37)15-19/h4-5,7-10,13-17H,2-3,6,11-12,36-37H2,1H3,(H,38,39). The Morgan fingerprint density at radius 3 is 2.14 bits per heavy atom. The summed E-state index contributed by atoms with van der Waals surface area (Å²) in [5, 5.41) is 9.63. The van der Waals surface area contributed by atoms with E-state index in [2.05, 4.69) is 0 Å². The van der Waals surface area contributed by atoms with Crippen molar-refractivity contribution in [1.29, 1.82) is 0 Å². The third-order valence-electron chi connectivity index (χ3n) is 6.13. The lowest BCUT2D eigenvalue weighted by Gasteiger charge is -2.19. The number of aliphatic carboxylic acids is 1. The number of aryl methyl sites for hydroxylation is 1. The minimum Gasteiger partial charge on any atom is -0.493 e. The minimum atomic E-state index is -5.64. The number of alkyl halides is 5. The van der Waals surface area contributed by atoms with Crippen molar-refractivity contribution in [3.05, 3.63) is 82.9 Å². The summed E-state index contributed by atoms with van der Waals surface area (Å²) in [5.41, 5.74) is 14.1. The smallest absolute Gasteiger partial charge is 0.453 e. The quantitative estimate of drug-likeness (QED) is 0.0498. The molecule has 3 aromatic carbocycles. The Morgan fingerprint density at radius 1 is 0.907 bits per heavy atom. The largest absolute Gasteiger partial charge is 0.493 e. The van der Waals surface area contributed by atoms with E-state index < -0.39 is 43.5 Å². The van der Waals surface area contributed by atoms with Gasteiger partial charge in [-0.15, -0.1) is 0 Å². The highest BCUT2D eigenvalue weighted by Gasteiger charge is 2.56. The fourth-order valence-corrected chi connectivity index (χ4v) is 3.94. The van der Waals surface area contributed by atoms with Crippen LogP contribution in [0.2, 0.25) is 0 Å². The number of anilines is 2. The molecule has 0 aliphatic carbocycles. The van der Waals surface area contributed by atoms with E-state index >= 15 is 0 Å². The Morgan fingerprint density at radius 2 is 1.56 bits per heavy atom. The maximum atomic E-state index is 13.1. The van der Waals surface area contributed by atoms with Gasteiger partial charge in [0.1, 0.15) is 5.75 Å². The second kappa shape index (κ2) is 13.9. The second-order valence-electron chi connectivity index (χ2n) is 9.46. The summed E-state index contributed by atoms with van der Waals surface area (Å²) in [4.78, 5) is 24.4. The molecule has 0 radical (unpaired) electrons. The predicted octanol–water partition coefficient (Wildman–Crippen LogP) is 6.54. The van der Waals surface area contributed by atoms with Crippen LogP contribution in [0.15, 0.2) is 66.2 Å². The Kier molecular flexibility index (Phi) is 10.6. The lowest BCUT2D eigenvalue weighted by molar-refractivity contribution is -0.284. The fraction of sp³-hybridized carbons (Fsp3) is 0.267. The highest BCUT2D eigenvalue weighted by molar-refractivity contribution is 5.93.